The molecule has 0 bridgehead atoms. The standard InChI is InChI=1S/C23H22N3O3S/c1-14-19(16-9-5-6-10-17(16)25-14)20(27)18-13-30-21(15-8-7-11-24-12-15)26(18)22(28)29-23(2,3)4/h5-13,27H,1-4H3/q-1. The Morgan fingerprint density at radius 1 is 1.23 bits per heavy atom. The van der Waals surface area contributed by atoms with Gasteiger partial charge in [-0.1, -0.05) is 31.2 Å². The Kier molecular flexibility index (Phi) is 5.09. The van der Waals surface area contributed by atoms with Crippen LogP contribution in [0.5, 0.6) is 0 Å². The SMILES string of the molecule is C[c-]1nc2ccccc2c1[C-](O)c1c[s+][c-](-c2cccnc2)[n+]1C(=O)OC(C)(C)C. The summed E-state index contributed by atoms with van der Waals surface area (Å²) in [7, 11) is 0. The van der Waals surface area contributed by atoms with Crippen molar-refractivity contribution in [3.63, 3.8) is 0 Å². The topological polar surface area (TPSA) is 76.2 Å². The van der Waals surface area contributed by atoms with E-state index in [0.717, 1.165) is 16.5 Å². The van der Waals surface area contributed by atoms with E-state index in [9.17, 15) is 9.90 Å². The molecular formula is C23H22N3O3S-. The van der Waals surface area contributed by atoms with E-state index in [1.54, 1.807) is 23.8 Å². The van der Waals surface area contributed by atoms with Crippen molar-refractivity contribution < 1.29 is 19.2 Å². The van der Waals surface area contributed by atoms with Crippen molar-refractivity contribution in [1.29, 1.82) is 0 Å². The smallest absolute Gasteiger partial charge is 0.460 e. The summed E-state index contributed by atoms with van der Waals surface area (Å²) in [5.74, 6) is 0. The number of aromatic nitrogens is 3. The molecule has 0 saturated carbocycles. The van der Waals surface area contributed by atoms with Gasteiger partial charge in [0.15, 0.2) is 5.38 Å². The molecule has 0 aliphatic heterocycles. The summed E-state index contributed by atoms with van der Waals surface area (Å²) in [6.45, 7) is 7.27. The first-order valence-corrected chi connectivity index (χ1v) is 10.4. The van der Waals surface area contributed by atoms with Crippen LogP contribution in [0, 0.1) is 13.0 Å². The molecule has 30 heavy (non-hydrogen) atoms. The third-order valence-corrected chi connectivity index (χ3v) is 5.50. The van der Waals surface area contributed by atoms with Gasteiger partial charge in [0, 0.05) is 11.8 Å². The van der Waals surface area contributed by atoms with Crippen molar-refractivity contribution in [2.24, 2.45) is 0 Å². The lowest BCUT2D eigenvalue weighted by Crippen LogP contribution is -2.50. The summed E-state index contributed by atoms with van der Waals surface area (Å²) in [5.41, 5.74) is 2.53. The van der Waals surface area contributed by atoms with Gasteiger partial charge in [-0.2, -0.15) is 11.6 Å². The fourth-order valence-electron chi connectivity index (χ4n) is 3.30. The number of hydrogen-bond acceptors (Lipinski definition) is 5. The number of rotatable bonds is 3. The van der Waals surface area contributed by atoms with E-state index < -0.39 is 11.7 Å². The van der Waals surface area contributed by atoms with E-state index in [1.807, 2.05) is 58.0 Å². The molecule has 0 saturated heterocycles. The number of pyridine rings is 1. The molecule has 0 radical (unpaired) electrons. The normalized spacial score (nSPS) is 11.6. The molecule has 0 aliphatic carbocycles. The average molecular weight is 421 g/mol. The average Bonchev–Trinajstić information content (AvgIpc) is 3.27. The molecule has 1 aromatic carbocycles. The van der Waals surface area contributed by atoms with Crippen molar-refractivity contribution in [2.45, 2.75) is 33.3 Å². The second kappa shape index (κ2) is 7.59. The zero-order chi connectivity index (χ0) is 21.5. The Balaban J connectivity index is 1.88. The second-order valence-electron chi connectivity index (χ2n) is 7.92. The van der Waals surface area contributed by atoms with Gasteiger partial charge < -0.3 is 14.8 Å². The summed E-state index contributed by atoms with van der Waals surface area (Å²) in [4.78, 5) is 21.8. The number of aliphatic hydroxyl groups is 1. The van der Waals surface area contributed by atoms with E-state index in [0.29, 0.717) is 22.0 Å². The van der Waals surface area contributed by atoms with Crippen LogP contribution >= 0.6 is 11.3 Å². The predicted molar refractivity (Wildman–Crippen MR) is 115 cm³/mol. The van der Waals surface area contributed by atoms with Gasteiger partial charge in [0.05, 0.1) is 0 Å². The number of carbonyl (C=O) groups excluding carboxylic acids is 1. The van der Waals surface area contributed by atoms with Crippen LogP contribution in [0.15, 0.2) is 54.2 Å². The molecule has 6 nitrogen and oxygen atoms in total. The molecule has 0 spiro atoms. The first kappa shape index (κ1) is 20.1. The van der Waals surface area contributed by atoms with Crippen LogP contribution in [0.25, 0.3) is 21.5 Å². The van der Waals surface area contributed by atoms with Crippen LogP contribution in [0.1, 0.15) is 37.7 Å². The summed E-state index contributed by atoms with van der Waals surface area (Å²) >= 11 is 1.34. The largest absolute Gasteiger partial charge is 0.548 e. The van der Waals surface area contributed by atoms with Crippen molar-refractivity contribution >= 4 is 28.3 Å². The van der Waals surface area contributed by atoms with Gasteiger partial charge in [-0.3, -0.25) is 4.98 Å². The number of carbonyl (C=O) groups is 1. The van der Waals surface area contributed by atoms with Crippen molar-refractivity contribution in [2.75, 3.05) is 0 Å². The molecule has 154 valence electrons. The first-order chi connectivity index (χ1) is 14.3. The summed E-state index contributed by atoms with van der Waals surface area (Å²) in [5, 5.41) is 14.5. The third-order valence-electron chi connectivity index (χ3n) is 4.51. The number of hydrogen-bond donors (Lipinski definition) is 1. The minimum absolute atomic E-state index is 0.0153. The Labute approximate surface area is 178 Å². The molecule has 0 fully saturated rings. The fourth-order valence-corrected chi connectivity index (χ4v) is 4.28. The molecule has 7 heteroatoms. The van der Waals surface area contributed by atoms with Crippen molar-refractivity contribution in [3.8, 4) is 10.6 Å². The van der Waals surface area contributed by atoms with Gasteiger partial charge in [-0.25, -0.2) is 15.7 Å². The van der Waals surface area contributed by atoms with Crippen molar-refractivity contribution in [3.05, 3.63) is 77.2 Å². The van der Waals surface area contributed by atoms with Crippen LogP contribution in [0.4, 0.5) is 4.79 Å². The van der Waals surface area contributed by atoms with Gasteiger partial charge in [0.25, 0.3) is 0 Å². The van der Waals surface area contributed by atoms with Gasteiger partial charge in [-0.15, -0.1) is 16.3 Å². The first-order valence-electron chi connectivity index (χ1n) is 9.52. The highest BCUT2D eigenvalue weighted by molar-refractivity contribution is 7.12. The fraction of sp³-hybridized carbons (Fsp3) is 0.217. The molecule has 0 amide bonds. The molecule has 3 heterocycles. The Morgan fingerprint density at radius 2 is 2.00 bits per heavy atom. The van der Waals surface area contributed by atoms with Gasteiger partial charge >= 0.3 is 11.1 Å². The van der Waals surface area contributed by atoms with Gasteiger partial charge in [0.1, 0.15) is 11.3 Å². The van der Waals surface area contributed by atoms with Gasteiger partial charge in [0.2, 0.25) is 11.3 Å². The lowest BCUT2D eigenvalue weighted by atomic mass is 10.0. The molecule has 3 aromatic heterocycles. The number of fused-ring (bicyclic) bond motifs is 1. The highest BCUT2D eigenvalue weighted by atomic mass is 32.1. The zero-order valence-electron chi connectivity index (χ0n) is 17.2. The maximum absolute atomic E-state index is 13.1. The third kappa shape index (κ3) is 3.69. The summed E-state index contributed by atoms with van der Waals surface area (Å²) in [6, 6.07) is 11.3. The molecule has 4 aromatic rings. The molecular weight excluding hydrogens is 398 g/mol. The zero-order valence-corrected chi connectivity index (χ0v) is 18.0. The Morgan fingerprint density at radius 3 is 2.70 bits per heavy atom. The van der Waals surface area contributed by atoms with Gasteiger partial charge in [-0.05, 0) is 33.1 Å². The highest BCUT2D eigenvalue weighted by Gasteiger charge is 2.35. The van der Waals surface area contributed by atoms with E-state index in [4.69, 9.17) is 4.74 Å². The molecule has 0 aliphatic rings. The number of aryl methyl sites for hydroxylation is 1. The highest BCUT2D eigenvalue weighted by Crippen LogP contribution is 2.33. The maximum atomic E-state index is 13.1. The number of benzene rings is 1. The number of nitrogens with zero attached hydrogens (tertiary/aromatic N) is 3. The molecule has 4 rings (SSSR count). The summed E-state index contributed by atoms with van der Waals surface area (Å²) in [6.07, 6.45) is 2.77. The van der Waals surface area contributed by atoms with Crippen LogP contribution in [0.2, 0.25) is 0 Å². The Hall–Kier alpha value is -3.16. The Bertz CT molecular complexity index is 1210. The number of aliphatic hydroxyl groups excluding tert-OH is 1. The number of thiazole rings is 1. The monoisotopic (exact) mass is 420 g/mol. The summed E-state index contributed by atoms with van der Waals surface area (Å²) < 4.78 is 7.05. The van der Waals surface area contributed by atoms with E-state index in [-0.39, 0.29) is 6.10 Å². The quantitative estimate of drug-likeness (QED) is 0.294. The number of ether oxygens (including phenoxy) is 1. The second-order valence-corrected chi connectivity index (χ2v) is 8.78. The lowest BCUT2D eigenvalue weighted by Gasteiger charge is -2.25. The number of para-hydroxylation sites is 1. The lowest BCUT2D eigenvalue weighted by molar-refractivity contribution is -0.580. The van der Waals surface area contributed by atoms with Crippen molar-refractivity contribution in [1.82, 2.24) is 9.97 Å². The van der Waals surface area contributed by atoms with E-state index in [1.165, 1.54) is 15.9 Å². The van der Waals surface area contributed by atoms with Crippen LogP contribution < -0.4 is 4.57 Å². The van der Waals surface area contributed by atoms with Crippen LogP contribution in [0.3, 0.4) is 0 Å². The minimum atomic E-state index is -0.685. The molecule has 0 atom stereocenters. The van der Waals surface area contributed by atoms with Crippen LogP contribution in [-0.4, -0.2) is 26.8 Å². The van der Waals surface area contributed by atoms with E-state index >= 15 is 0 Å². The minimum Gasteiger partial charge on any atom is -0.460 e. The maximum Gasteiger partial charge on any atom is 0.548 e. The molecule has 1 N–H and O–H groups in total. The predicted octanol–water partition coefficient (Wildman–Crippen LogP) is 4.76. The molecule has 0 unspecified atom stereocenters. The van der Waals surface area contributed by atoms with Crippen LogP contribution in [-0.2, 0) is 4.74 Å². The van der Waals surface area contributed by atoms with E-state index in [2.05, 4.69) is 9.97 Å².